The molecule has 0 N–H and O–H groups in total. The molecule has 2 aromatic rings. The molecule has 0 heterocycles. The molecule has 1 heteroatoms. The van der Waals surface area contributed by atoms with Crippen molar-refractivity contribution in [3.63, 3.8) is 0 Å². The van der Waals surface area contributed by atoms with Gasteiger partial charge < -0.3 is 0 Å². The van der Waals surface area contributed by atoms with Gasteiger partial charge in [-0.15, -0.1) is 0 Å². The second-order valence-corrected chi connectivity index (χ2v) is 6.48. The Morgan fingerprint density at radius 1 is 1.14 bits per heavy atom. The first-order chi connectivity index (χ1) is 11.2. The van der Waals surface area contributed by atoms with Crippen LogP contribution in [0.3, 0.4) is 0 Å². The molecule has 0 saturated carbocycles. The average molecular weight is 293 g/mol. The topological polar surface area (TPSA) is 3.24 Å². The van der Waals surface area contributed by atoms with Crippen molar-refractivity contribution in [2.75, 3.05) is 13.5 Å². The Bertz CT molecular complexity index is 783. The van der Waals surface area contributed by atoms with Gasteiger partial charge in [-0.25, -0.2) is 0 Å². The van der Waals surface area contributed by atoms with E-state index in [1.807, 2.05) is 39.0 Å². The molecule has 0 saturated heterocycles. The SMILES string of the molecule is [2H]C([2H])(/C=C/C#CC(C)(C)C)N(C)Cc1cccc2ccccc12. The van der Waals surface area contributed by atoms with Gasteiger partial charge in [0.05, 0.1) is 0 Å². The van der Waals surface area contributed by atoms with Gasteiger partial charge in [-0.1, -0.05) is 60.4 Å². The fourth-order valence-corrected chi connectivity index (χ4v) is 2.20. The number of rotatable bonds is 4. The van der Waals surface area contributed by atoms with Gasteiger partial charge in [0.2, 0.25) is 0 Å². The molecule has 0 aromatic heterocycles. The van der Waals surface area contributed by atoms with Crippen LogP contribution in [0.15, 0.2) is 54.6 Å². The Kier molecular flexibility index (Phi) is 4.51. The Balaban J connectivity index is 2.16. The quantitative estimate of drug-likeness (QED) is 0.726. The van der Waals surface area contributed by atoms with E-state index in [0.717, 1.165) is 5.56 Å². The molecule has 0 spiro atoms. The Morgan fingerprint density at radius 2 is 1.86 bits per heavy atom. The third-order valence-corrected chi connectivity index (χ3v) is 3.20. The molecular formula is C21H25N. The van der Waals surface area contributed by atoms with Crippen LogP contribution >= 0.6 is 0 Å². The van der Waals surface area contributed by atoms with Crippen molar-refractivity contribution in [1.82, 2.24) is 4.90 Å². The summed E-state index contributed by atoms with van der Waals surface area (Å²) in [7, 11) is 1.79. The van der Waals surface area contributed by atoms with Crippen molar-refractivity contribution < 1.29 is 2.74 Å². The zero-order valence-corrected chi connectivity index (χ0v) is 13.9. The fourth-order valence-electron chi connectivity index (χ4n) is 2.20. The van der Waals surface area contributed by atoms with Gasteiger partial charge in [-0.05, 0) is 50.2 Å². The zero-order valence-electron chi connectivity index (χ0n) is 15.9. The fraction of sp³-hybridized carbons (Fsp3) is 0.333. The minimum absolute atomic E-state index is 0.0775. The molecule has 0 unspecified atom stereocenters. The van der Waals surface area contributed by atoms with Crippen molar-refractivity contribution >= 4 is 10.8 Å². The first-order valence-electron chi connectivity index (χ1n) is 8.57. The van der Waals surface area contributed by atoms with Crippen molar-refractivity contribution in [3.05, 3.63) is 60.2 Å². The summed E-state index contributed by atoms with van der Waals surface area (Å²) in [4.78, 5) is 1.70. The highest BCUT2D eigenvalue weighted by molar-refractivity contribution is 5.85. The average Bonchev–Trinajstić information content (AvgIpc) is 2.51. The van der Waals surface area contributed by atoms with Gasteiger partial charge in [0.15, 0.2) is 0 Å². The van der Waals surface area contributed by atoms with E-state index in [1.54, 1.807) is 18.0 Å². The number of likely N-dealkylation sites (N-methyl/N-ethyl adjacent to an activating group) is 1. The van der Waals surface area contributed by atoms with Gasteiger partial charge in [-0.2, -0.15) is 0 Å². The van der Waals surface area contributed by atoms with Crippen LogP contribution in [0.4, 0.5) is 0 Å². The summed E-state index contributed by atoms with van der Waals surface area (Å²) in [6.07, 6.45) is 3.14. The molecule has 22 heavy (non-hydrogen) atoms. The zero-order chi connectivity index (χ0) is 17.8. The van der Waals surface area contributed by atoms with Crippen LogP contribution < -0.4 is 0 Å². The molecule has 0 aliphatic rings. The highest BCUT2D eigenvalue weighted by Gasteiger charge is 2.03. The molecule has 0 aliphatic carbocycles. The number of hydrogen-bond acceptors (Lipinski definition) is 1. The van der Waals surface area contributed by atoms with Gasteiger partial charge >= 0.3 is 0 Å². The summed E-state index contributed by atoms with van der Waals surface area (Å²) in [6, 6.07) is 14.3. The molecule has 2 aromatic carbocycles. The van der Waals surface area contributed by atoms with Gasteiger partial charge in [0, 0.05) is 21.2 Å². The van der Waals surface area contributed by atoms with Gasteiger partial charge in [0.25, 0.3) is 0 Å². The van der Waals surface area contributed by atoms with Crippen molar-refractivity contribution in [2.24, 2.45) is 5.41 Å². The lowest BCUT2D eigenvalue weighted by Gasteiger charge is -2.15. The number of hydrogen-bond donors (Lipinski definition) is 0. The number of benzene rings is 2. The van der Waals surface area contributed by atoms with E-state index in [1.165, 1.54) is 16.8 Å². The number of nitrogens with zero attached hydrogens (tertiary/aromatic N) is 1. The number of fused-ring (bicyclic) bond motifs is 1. The molecular weight excluding hydrogens is 266 g/mol. The van der Waals surface area contributed by atoms with Crippen LogP contribution in [0.25, 0.3) is 10.8 Å². The van der Waals surface area contributed by atoms with Gasteiger partial charge in [0.1, 0.15) is 0 Å². The molecule has 114 valence electrons. The summed E-state index contributed by atoms with van der Waals surface area (Å²) < 4.78 is 16.5. The Labute approximate surface area is 137 Å². The summed E-state index contributed by atoms with van der Waals surface area (Å²) >= 11 is 0. The van der Waals surface area contributed by atoms with Crippen LogP contribution in [-0.4, -0.2) is 18.4 Å². The molecule has 0 fully saturated rings. The predicted molar refractivity (Wildman–Crippen MR) is 96.7 cm³/mol. The molecule has 0 amide bonds. The normalized spacial score (nSPS) is 13.9. The second kappa shape index (κ2) is 7.29. The second-order valence-electron chi connectivity index (χ2n) is 6.48. The summed E-state index contributed by atoms with van der Waals surface area (Å²) in [5, 5.41) is 2.34. The van der Waals surface area contributed by atoms with E-state index >= 15 is 0 Å². The highest BCUT2D eigenvalue weighted by Crippen LogP contribution is 2.19. The highest BCUT2D eigenvalue weighted by atomic mass is 15.1. The molecule has 0 bridgehead atoms. The minimum Gasteiger partial charge on any atom is -0.298 e. The summed E-state index contributed by atoms with van der Waals surface area (Å²) in [6.45, 7) is 5.09. The van der Waals surface area contributed by atoms with Crippen LogP contribution in [-0.2, 0) is 6.54 Å². The van der Waals surface area contributed by atoms with E-state index in [2.05, 4.69) is 36.1 Å². The molecule has 1 nitrogen and oxygen atoms in total. The standard InChI is InChI=1S/C21H25N/c1-21(2,3)15-8-5-9-16-22(4)17-19-13-10-12-18-11-6-7-14-20(18)19/h5-7,9-14H,16-17H2,1-4H3/b9-5+/i16D2. The Morgan fingerprint density at radius 3 is 2.64 bits per heavy atom. The third kappa shape index (κ3) is 5.06. The van der Waals surface area contributed by atoms with Crippen LogP contribution in [0.2, 0.25) is 0 Å². The Hall–Kier alpha value is -2.04. The van der Waals surface area contributed by atoms with Crippen LogP contribution in [0, 0.1) is 17.3 Å². The summed E-state index contributed by atoms with van der Waals surface area (Å²) in [5.41, 5.74) is 1.04. The lowest BCUT2D eigenvalue weighted by Crippen LogP contribution is -2.17. The van der Waals surface area contributed by atoms with E-state index in [4.69, 9.17) is 2.74 Å². The molecule has 0 aliphatic heterocycles. The van der Waals surface area contributed by atoms with Gasteiger partial charge in [-0.3, -0.25) is 4.90 Å². The largest absolute Gasteiger partial charge is 0.298 e. The number of allylic oxidation sites excluding steroid dienone is 1. The first kappa shape index (κ1) is 13.6. The van der Waals surface area contributed by atoms with Crippen LogP contribution in [0.1, 0.15) is 29.1 Å². The van der Waals surface area contributed by atoms with Crippen molar-refractivity contribution in [2.45, 2.75) is 27.3 Å². The maximum absolute atomic E-state index is 8.26. The summed E-state index contributed by atoms with van der Waals surface area (Å²) in [5.74, 6) is 6.02. The monoisotopic (exact) mass is 293 g/mol. The predicted octanol–water partition coefficient (Wildman–Crippen LogP) is 4.88. The molecule has 0 atom stereocenters. The van der Waals surface area contributed by atoms with E-state index in [0.29, 0.717) is 6.54 Å². The maximum atomic E-state index is 8.26. The molecule has 0 radical (unpaired) electrons. The van der Waals surface area contributed by atoms with Crippen LogP contribution in [0.5, 0.6) is 0 Å². The van der Waals surface area contributed by atoms with E-state index in [9.17, 15) is 0 Å². The minimum atomic E-state index is -1.55. The van der Waals surface area contributed by atoms with E-state index < -0.39 is 6.50 Å². The first-order valence-corrected chi connectivity index (χ1v) is 7.57. The third-order valence-electron chi connectivity index (χ3n) is 3.20. The van der Waals surface area contributed by atoms with Crippen molar-refractivity contribution in [3.8, 4) is 11.8 Å². The lowest BCUT2D eigenvalue weighted by molar-refractivity contribution is 0.365. The van der Waals surface area contributed by atoms with Crippen molar-refractivity contribution in [1.29, 1.82) is 0 Å². The maximum Gasteiger partial charge on any atom is 0.0475 e. The van der Waals surface area contributed by atoms with E-state index in [-0.39, 0.29) is 5.41 Å². The smallest absolute Gasteiger partial charge is 0.0475 e. The molecule has 2 rings (SSSR count). The lowest BCUT2D eigenvalue weighted by atomic mass is 9.98.